The Labute approximate surface area is 208 Å². The molecular weight excluding hydrogens is 443 g/mol. The lowest BCUT2D eigenvalue weighted by Crippen LogP contribution is -2.61. The molecule has 6 heteroatoms. The number of halogens is 1. The number of hydrogen-bond donors (Lipinski definition) is 3. The highest BCUT2D eigenvalue weighted by Gasteiger charge is 2.67. The van der Waals surface area contributed by atoms with Crippen LogP contribution in [0.3, 0.4) is 0 Å². The zero-order valence-corrected chi connectivity index (χ0v) is 21.5. The molecule has 3 N–H and O–H groups in total. The Morgan fingerprint density at radius 1 is 1.06 bits per heavy atom. The highest BCUT2D eigenvalue weighted by atomic mass is 19.1. The van der Waals surface area contributed by atoms with Crippen LogP contribution in [0.1, 0.15) is 96.0 Å². The number of alkyl halides is 1. The lowest BCUT2D eigenvalue weighted by molar-refractivity contribution is -0.200. The highest BCUT2D eigenvalue weighted by Crippen LogP contribution is 2.70. The van der Waals surface area contributed by atoms with Gasteiger partial charge in [0.25, 0.3) is 0 Å². The van der Waals surface area contributed by atoms with Gasteiger partial charge in [-0.25, -0.2) is 9.18 Å². The zero-order chi connectivity index (χ0) is 24.4. The van der Waals surface area contributed by atoms with E-state index in [1.54, 1.807) is 6.26 Å². The van der Waals surface area contributed by atoms with E-state index in [2.05, 4.69) is 24.5 Å². The van der Waals surface area contributed by atoms with Crippen molar-refractivity contribution in [2.24, 2.45) is 28.6 Å². The van der Waals surface area contributed by atoms with Crippen molar-refractivity contribution < 1.29 is 13.9 Å². The Balaban J connectivity index is 1.28. The number of rotatable bonds is 3. The fraction of sp³-hybridized carbons (Fsp3) is 0.828. The molecule has 2 heterocycles. The van der Waals surface area contributed by atoms with E-state index >= 15 is 0 Å². The molecule has 1 aliphatic heterocycles. The van der Waals surface area contributed by atoms with Crippen LogP contribution in [0.5, 0.6) is 0 Å². The van der Waals surface area contributed by atoms with Crippen molar-refractivity contribution in [3.8, 4) is 0 Å². The van der Waals surface area contributed by atoms with Crippen molar-refractivity contribution in [2.75, 3.05) is 18.4 Å². The Hall–Kier alpha value is -1.40. The van der Waals surface area contributed by atoms with Crippen molar-refractivity contribution >= 4 is 5.69 Å². The molecule has 1 aromatic rings. The first-order valence-corrected chi connectivity index (χ1v) is 14.2. The van der Waals surface area contributed by atoms with E-state index in [1.807, 2.05) is 6.07 Å². The second kappa shape index (κ2) is 8.58. The van der Waals surface area contributed by atoms with Gasteiger partial charge >= 0.3 is 5.63 Å². The molecule has 1 aromatic heterocycles. The molecule has 5 aliphatic rings. The predicted molar refractivity (Wildman–Crippen MR) is 135 cm³/mol. The largest absolute Gasteiger partial charge is 0.430 e. The first kappa shape index (κ1) is 24.0. The number of anilines is 1. The van der Waals surface area contributed by atoms with E-state index < -0.39 is 17.4 Å². The average Bonchev–Trinajstić information content (AvgIpc) is 3.13. The molecule has 1 unspecified atom stereocenters. The van der Waals surface area contributed by atoms with Gasteiger partial charge in [0.2, 0.25) is 0 Å². The van der Waals surface area contributed by atoms with Gasteiger partial charge in [-0.3, -0.25) is 0 Å². The molecule has 1 saturated heterocycles. The summed E-state index contributed by atoms with van der Waals surface area (Å²) in [5.74, 6) is 1.95. The summed E-state index contributed by atoms with van der Waals surface area (Å²) in [6.45, 7) is 5.87. The van der Waals surface area contributed by atoms with E-state index in [1.165, 1.54) is 38.5 Å². The van der Waals surface area contributed by atoms with Gasteiger partial charge in [-0.15, -0.1) is 0 Å². The maximum Gasteiger partial charge on any atom is 0.359 e. The van der Waals surface area contributed by atoms with Crippen molar-refractivity contribution in [2.45, 2.75) is 108 Å². The topological polar surface area (TPSA) is 74.5 Å². The normalized spacial score (nSPS) is 47.4. The molecule has 5 nitrogen and oxygen atoms in total. The van der Waals surface area contributed by atoms with Crippen molar-refractivity contribution in [3.05, 3.63) is 28.3 Å². The summed E-state index contributed by atoms with van der Waals surface area (Å²) < 4.78 is 19.9. The van der Waals surface area contributed by atoms with E-state index in [-0.39, 0.29) is 17.4 Å². The van der Waals surface area contributed by atoms with Crippen LogP contribution in [-0.2, 0) is 0 Å². The molecule has 0 amide bonds. The molecule has 0 spiro atoms. The van der Waals surface area contributed by atoms with Gasteiger partial charge < -0.3 is 20.2 Å². The first-order chi connectivity index (χ1) is 16.8. The summed E-state index contributed by atoms with van der Waals surface area (Å²) >= 11 is 0. The van der Waals surface area contributed by atoms with Crippen LogP contribution < -0.4 is 16.3 Å². The number of fused-ring (bicyclic) bond motifs is 5. The second-order valence-corrected chi connectivity index (χ2v) is 13.1. The molecule has 4 saturated carbocycles. The van der Waals surface area contributed by atoms with Crippen molar-refractivity contribution in [1.82, 2.24) is 5.32 Å². The Bertz CT molecular complexity index is 1010. The molecular formula is C29H43FN2O3. The van der Waals surface area contributed by atoms with Crippen LogP contribution in [0, 0.1) is 28.6 Å². The first-order valence-electron chi connectivity index (χ1n) is 14.2. The lowest BCUT2D eigenvalue weighted by Gasteiger charge is -2.63. The second-order valence-electron chi connectivity index (χ2n) is 13.1. The van der Waals surface area contributed by atoms with Crippen LogP contribution in [-0.4, -0.2) is 36.0 Å². The summed E-state index contributed by atoms with van der Waals surface area (Å²) in [5.41, 5.74) is 0.371. The standard InChI is InChI=1S/C29H43FN2O3/c1-27-11-4-3-5-19(27)6-7-22-21(27)8-12-28(2)20(9-13-29(22,28)34)18-15-25(26(33)35-17-18)32-24-10-14-31-16-23(24)30/h15,17,19-24,31-32,34H,3-14,16H2,1-2H3/t19-,20-,21+,22-,23-,24?,27+,28-,29+/m1/s1. The minimum absolute atomic E-state index is 0.143. The molecule has 0 aromatic carbocycles. The van der Waals surface area contributed by atoms with E-state index in [0.29, 0.717) is 35.9 Å². The van der Waals surface area contributed by atoms with Gasteiger partial charge in [0.05, 0.1) is 17.9 Å². The Morgan fingerprint density at radius 2 is 1.91 bits per heavy atom. The Morgan fingerprint density at radius 3 is 2.74 bits per heavy atom. The summed E-state index contributed by atoms with van der Waals surface area (Å²) in [6, 6.07) is 1.51. The average molecular weight is 487 g/mol. The molecule has 9 atom stereocenters. The summed E-state index contributed by atoms with van der Waals surface area (Å²) in [4.78, 5) is 12.5. The number of aliphatic hydroxyl groups is 1. The van der Waals surface area contributed by atoms with E-state index in [4.69, 9.17) is 4.42 Å². The van der Waals surface area contributed by atoms with Gasteiger partial charge in [-0.05, 0) is 105 Å². The van der Waals surface area contributed by atoms with Gasteiger partial charge in [0, 0.05) is 12.0 Å². The maximum absolute atomic E-state index is 14.4. The fourth-order valence-corrected chi connectivity index (χ4v) is 9.71. The van der Waals surface area contributed by atoms with Gasteiger partial charge in [0.1, 0.15) is 11.9 Å². The SMILES string of the molecule is C[C@]12CCCC[C@@H]1CC[C@@H]1[C@@H]2CC[C@]2(C)[C@@H](c3coc(=O)c(NC4CCNC[C@H]4F)c3)CC[C@]12O. The molecule has 0 radical (unpaired) electrons. The molecule has 5 fully saturated rings. The summed E-state index contributed by atoms with van der Waals surface area (Å²) in [7, 11) is 0. The van der Waals surface area contributed by atoms with Crippen molar-refractivity contribution in [1.29, 1.82) is 0 Å². The minimum Gasteiger partial charge on any atom is -0.430 e. The third kappa shape index (κ3) is 3.56. The van der Waals surface area contributed by atoms with Crippen LogP contribution in [0.2, 0.25) is 0 Å². The van der Waals surface area contributed by atoms with Gasteiger partial charge in [-0.2, -0.15) is 0 Å². The van der Waals surface area contributed by atoms with Gasteiger partial charge in [-0.1, -0.05) is 26.7 Å². The van der Waals surface area contributed by atoms with E-state index in [0.717, 1.165) is 43.7 Å². The van der Waals surface area contributed by atoms with Crippen LogP contribution in [0.4, 0.5) is 10.1 Å². The number of piperidine rings is 1. The predicted octanol–water partition coefficient (Wildman–Crippen LogP) is 5.38. The summed E-state index contributed by atoms with van der Waals surface area (Å²) in [6.07, 6.45) is 12.9. The highest BCUT2D eigenvalue weighted by molar-refractivity contribution is 5.45. The van der Waals surface area contributed by atoms with Gasteiger partial charge in [0.15, 0.2) is 0 Å². The minimum atomic E-state index is -1.03. The van der Waals surface area contributed by atoms with Crippen LogP contribution in [0.15, 0.2) is 21.5 Å². The number of nitrogens with one attached hydrogen (secondary N) is 2. The molecule has 6 rings (SSSR count). The molecule has 194 valence electrons. The van der Waals surface area contributed by atoms with E-state index in [9.17, 15) is 14.3 Å². The zero-order valence-electron chi connectivity index (χ0n) is 21.5. The lowest BCUT2D eigenvalue weighted by atomic mass is 9.43. The fourth-order valence-electron chi connectivity index (χ4n) is 9.71. The Kier molecular flexibility index (Phi) is 5.87. The third-order valence-corrected chi connectivity index (χ3v) is 11.8. The third-order valence-electron chi connectivity index (χ3n) is 11.8. The summed E-state index contributed by atoms with van der Waals surface area (Å²) in [5, 5.41) is 18.7. The molecule has 4 aliphatic carbocycles. The molecule has 35 heavy (non-hydrogen) atoms. The number of hydrogen-bond acceptors (Lipinski definition) is 5. The van der Waals surface area contributed by atoms with Crippen LogP contribution >= 0.6 is 0 Å². The monoisotopic (exact) mass is 486 g/mol. The van der Waals surface area contributed by atoms with Crippen LogP contribution in [0.25, 0.3) is 0 Å². The molecule has 0 bridgehead atoms. The smallest absolute Gasteiger partial charge is 0.359 e. The quantitative estimate of drug-likeness (QED) is 0.535. The van der Waals surface area contributed by atoms with Crippen molar-refractivity contribution in [3.63, 3.8) is 0 Å². The maximum atomic E-state index is 14.4.